The molecule has 1 aliphatic rings. The monoisotopic (exact) mass is 223 g/mol. The van der Waals surface area contributed by atoms with E-state index in [4.69, 9.17) is 10.5 Å². The van der Waals surface area contributed by atoms with Crippen molar-refractivity contribution in [3.05, 3.63) is 24.0 Å². The van der Waals surface area contributed by atoms with Crippen molar-refractivity contribution in [2.45, 2.75) is 32.1 Å². The SMILES string of the molecule is Nc1ccc(F)c(OCC2CCCCC2)c1. The predicted molar refractivity (Wildman–Crippen MR) is 62.9 cm³/mol. The number of hydrogen-bond donors (Lipinski definition) is 1. The van der Waals surface area contributed by atoms with Crippen LogP contribution in [0.1, 0.15) is 32.1 Å². The van der Waals surface area contributed by atoms with E-state index in [-0.39, 0.29) is 11.6 Å². The molecule has 0 radical (unpaired) electrons. The summed E-state index contributed by atoms with van der Waals surface area (Å²) >= 11 is 0. The second kappa shape index (κ2) is 5.19. The third-order valence-electron chi connectivity index (χ3n) is 3.15. The second-order valence-electron chi connectivity index (χ2n) is 4.50. The molecular weight excluding hydrogens is 205 g/mol. The zero-order valence-corrected chi connectivity index (χ0v) is 9.42. The molecule has 1 aromatic rings. The van der Waals surface area contributed by atoms with Crippen molar-refractivity contribution >= 4 is 5.69 Å². The summed E-state index contributed by atoms with van der Waals surface area (Å²) in [6.07, 6.45) is 6.26. The predicted octanol–water partition coefficient (Wildman–Crippen LogP) is 3.37. The van der Waals surface area contributed by atoms with Crippen LogP contribution in [0.25, 0.3) is 0 Å². The van der Waals surface area contributed by atoms with Gasteiger partial charge in [0.25, 0.3) is 0 Å². The van der Waals surface area contributed by atoms with Crippen molar-refractivity contribution in [1.82, 2.24) is 0 Å². The molecule has 16 heavy (non-hydrogen) atoms. The van der Waals surface area contributed by atoms with Crippen LogP contribution in [-0.2, 0) is 0 Å². The standard InChI is InChI=1S/C13H18FNO/c14-12-7-6-11(15)8-13(12)16-9-10-4-2-1-3-5-10/h6-8,10H,1-5,9,15H2. The molecule has 0 atom stereocenters. The van der Waals surface area contributed by atoms with E-state index in [1.54, 1.807) is 12.1 Å². The summed E-state index contributed by atoms with van der Waals surface area (Å²) in [4.78, 5) is 0. The molecule has 0 amide bonds. The van der Waals surface area contributed by atoms with Gasteiger partial charge >= 0.3 is 0 Å². The number of anilines is 1. The Morgan fingerprint density at radius 1 is 1.25 bits per heavy atom. The molecule has 0 heterocycles. The van der Waals surface area contributed by atoms with Gasteiger partial charge in [-0.05, 0) is 30.9 Å². The van der Waals surface area contributed by atoms with Crippen LogP contribution in [0.4, 0.5) is 10.1 Å². The highest BCUT2D eigenvalue weighted by Crippen LogP contribution is 2.26. The van der Waals surface area contributed by atoms with Crippen LogP contribution >= 0.6 is 0 Å². The summed E-state index contributed by atoms with van der Waals surface area (Å²) in [6, 6.07) is 4.45. The molecule has 2 nitrogen and oxygen atoms in total. The zero-order chi connectivity index (χ0) is 11.4. The van der Waals surface area contributed by atoms with Crippen LogP contribution in [-0.4, -0.2) is 6.61 Å². The smallest absolute Gasteiger partial charge is 0.165 e. The summed E-state index contributed by atoms with van der Waals surface area (Å²) < 4.78 is 18.8. The molecule has 0 spiro atoms. The molecule has 2 rings (SSSR count). The molecule has 1 aromatic carbocycles. The maximum atomic E-state index is 13.3. The molecule has 0 bridgehead atoms. The van der Waals surface area contributed by atoms with Gasteiger partial charge in [0.05, 0.1) is 6.61 Å². The lowest BCUT2D eigenvalue weighted by Gasteiger charge is -2.21. The fraction of sp³-hybridized carbons (Fsp3) is 0.538. The Morgan fingerprint density at radius 2 is 2.00 bits per heavy atom. The van der Waals surface area contributed by atoms with E-state index in [0.29, 0.717) is 18.2 Å². The average molecular weight is 223 g/mol. The highest BCUT2D eigenvalue weighted by atomic mass is 19.1. The fourth-order valence-corrected chi connectivity index (χ4v) is 2.19. The van der Waals surface area contributed by atoms with Crippen LogP contribution in [0.3, 0.4) is 0 Å². The third kappa shape index (κ3) is 2.87. The minimum Gasteiger partial charge on any atom is -0.490 e. The van der Waals surface area contributed by atoms with E-state index in [9.17, 15) is 4.39 Å². The number of nitrogen functional groups attached to an aromatic ring is 1. The van der Waals surface area contributed by atoms with Crippen molar-refractivity contribution in [3.8, 4) is 5.75 Å². The molecule has 88 valence electrons. The lowest BCUT2D eigenvalue weighted by atomic mass is 9.90. The Hall–Kier alpha value is -1.25. The van der Waals surface area contributed by atoms with Gasteiger partial charge in [0, 0.05) is 11.8 Å². The molecule has 2 N–H and O–H groups in total. The number of benzene rings is 1. The third-order valence-corrected chi connectivity index (χ3v) is 3.15. The number of halogens is 1. The highest BCUT2D eigenvalue weighted by Gasteiger charge is 2.14. The second-order valence-corrected chi connectivity index (χ2v) is 4.50. The first-order chi connectivity index (χ1) is 7.75. The van der Waals surface area contributed by atoms with Crippen LogP contribution in [0, 0.1) is 11.7 Å². The largest absolute Gasteiger partial charge is 0.490 e. The van der Waals surface area contributed by atoms with E-state index >= 15 is 0 Å². The Kier molecular flexibility index (Phi) is 3.65. The Morgan fingerprint density at radius 3 is 2.75 bits per heavy atom. The maximum absolute atomic E-state index is 13.3. The molecule has 0 unspecified atom stereocenters. The van der Waals surface area contributed by atoms with Crippen molar-refractivity contribution in [2.75, 3.05) is 12.3 Å². The van der Waals surface area contributed by atoms with Gasteiger partial charge in [0.15, 0.2) is 11.6 Å². The summed E-state index contributed by atoms with van der Waals surface area (Å²) in [5.41, 5.74) is 6.13. The number of rotatable bonds is 3. The Labute approximate surface area is 95.6 Å². The molecule has 0 saturated heterocycles. The lowest BCUT2D eigenvalue weighted by molar-refractivity contribution is 0.202. The van der Waals surface area contributed by atoms with Gasteiger partial charge in [-0.2, -0.15) is 0 Å². The normalized spacial score (nSPS) is 17.3. The van der Waals surface area contributed by atoms with Crippen LogP contribution < -0.4 is 10.5 Å². The first-order valence-electron chi connectivity index (χ1n) is 5.93. The maximum Gasteiger partial charge on any atom is 0.165 e. The van der Waals surface area contributed by atoms with Crippen molar-refractivity contribution in [3.63, 3.8) is 0 Å². The van der Waals surface area contributed by atoms with Crippen molar-refractivity contribution in [1.29, 1.82) is 0 Å². The van der Waals surface area contributed by atoms with Crippen LogP contribution in [0.15, 0.2) is 18.2 Å². The molecule has 0 aliphatic heterocycles. The molecule has 1 saturated carbocycles. The van der Waals surface area contributed by atoms with Gasteiger partial charge < -0.3 is 10.5 Å². The van der Waals surface area contributed by atoms with Crippen LogP contribution in [0.5, 0.6) is 5.75 Å². The van der Waals surface area contributed by atoms with Gasteiger partial charge in [0.2, 0.25) is 0 Å². The topological polar surface area (TPSA) is 35.2 Å². The summed E-state index contributed by atoms with van der Waals surface area (Å²) in [6.45, 7) is 0.611. The zero-order valence-electron chi connectivity index (χ0n) is 9.42. The van der Waals surface area contributed by atoms with E-state index in [1.165, 1.54) is 38.2 Å². The lowest BCUT2D eigenvalue weighted by Crippen LogP contribution is -2.15. The molecule has 1 fully saturated rings. The minimum atomic E-state index is -0.329. The average Bonchev–Trinajstić information content (AvgIpc) is 2.32. The van der Waals surface area contributed by atoms with E-state index < -0.39 is 0 Å². The van der Waals surface area contributed by atoms with Gasteiger partial charge in [-0.25, -0.2) is 4.39 Å². The molecule has 1 aliphatic carbocycles. The van der Waals surface area contributed by atoms with E-state index in [2.05, 4.69) is 0 Å². The van der Waals surface area contributed by atoms with E-state index in [0.717, 1.165) is 0 Å². The van der Waals surface area contributed by atoms with Gasteiger partial charge in [-0.1, -0.05) is 19.3 Å². The van der Waals surface area contributed by atoms with Gasteiger partial charge in [0.1, 0.15) is 0 Å². The number of hydrogen-bond acceptors (Lipinski definition) is 2. The van der Waals surface area contributed by atoms with E-state index in [1.807, 2.05) is 0 Å². The summed E-state index contributed by atoms with van der Waals surface area (Å²) in [5.74, 6) is 0.533. The quantitative estimate of drug-likeness (QED) is 0.797. The Bertz CT molecular complexity index is 348. The molecule has 0 aromatic heterocycles. The highest BCUT2D eigenvalue weighted by molar-refractivity contribution is 5.44. The first kappa shape index (κ1) is 11.2. The summed E-state index contributed by atoms with van der Waals surface area (Å²) in [7, 11) is 0. The molecule has 3 heteroatoms. The number of ether oxygens (including phenoxy) is 1. The fourth-order valence-electron chi connectivity index (χ4n) is 2.19. The van der Waals surface area contributed by atoms with Crippen molar-refractivity contribution < 1.29 is 9.13 Å². The van der Waals surface area contributed by atoms with Gasteiger partial charge in [-0.3, -0.25) is 0 Å². The molecular formula is C13H18FNO. The number of nitrogens with two attached hydrogens (primary N) is 1. The minimum absolute atomic E-state index is 0.283. The van der Waals surface area contributed by atoms with Gasteiger partial charge in [-0.15, -0.1) is 0 Å². The summed E-state index contributed by atoms with van der Waals surface area (Å²) in [5, 5.41) is 0. The Balaban J connectivity index is 1.90. The first-order valence-corrected chi connectivity index (χ1v) is 5.93. The van der Waals surface area contributed by atoms with Crippen LogP contribution in [0.2, 0.25) is 0 Å². The van der Waals surface area contributed by atoms with Crippen molar-refractivity contribution in [2.24, 2.45) is 5.92 Å².